The molecule has 2 aromatic carbocycles. The van der Waals surface area contributed by atoms with Crippen LogP contribution in [0.4, 0.5) is 23.2 Å². The number of alkyl halides is 3. The van der Waals surface area contributed by atoms with Crippen molar-refractivity contribution in [2.75, 3.05) is 30.3 Å². The van der Waals surface area contributed by atoms with Crippen molar-refractivity contribution in [2.45, 2.75) is 33.8 Å². The fraction of sp³-hybridized carbons (Fsp3) is 0.333. The minimum Gasteiger partial charge on any atom is -0.376 e. The van der Waals surface area contributed by atoms with Gasteiger partial charge in [-0.2, -0.15) is 17.5 Å². The summed E-state index contributed by atoms with van der Waals surface area (Å²) in [6.07, 6.45) is -4.83. The fourth-order valence-electron chi connectivity index (χ4n) is 3.93. The first-order chi connectivity index (χ1) is 16.9. The minimum absolute atomic E-state index is 0.177. The number of sulfonamides is 1. The number of piperazine rings is 1. The Balaban J connectivity index is 1.59. The molecule has 194 valence electrons. The highest BCUT2D eigenvalue weighted by Crippen LogP contribution is 2.39. The number of rotatable bonds is 7. The third-order valence-electron chi connectivity index (χ3n) is 6.10. The molecule has 36 heavy (non-hydrogen) atoms. The summed E-state index contributed by atoms with van der Waals surface area (Å²) in [6.45, 7) is 1.42. The van der Waals surface area contributed by atoms with Crippen LogP contribution in [0, 0.1) is 5.82 Å². The molecule has 4 rings (SSSR count). The number of thiophene rings is 1. The number of thioether (sulfide) groups is 1. The Bertz CT molecular complexity index is 1260. The van der Waals surface area contributed by atoms with Gasteiger partial charge in [-0.1, -0.05) is 18.2 Å². The third kappa shape index (κ3) is 5.57. The van der Waals surface area contributed by atoms with Crippen molar-refractivity contribution in [3.8, 4) is 0 Å². The van der Waals surface area contributed by atoms with E-state index in [4.69, 9.17) is 0 Å². The molecule has 1 fully saturated rings. The molecule has 0 spiro atoms. The lowest BCUT2D eigenvalue weighted by molar-refractivity contribution is -0.258. The van der Waals surface area contributed by atoms with Gasteiger partial charge in [-0.05, 0) is 60.3 Å². The molecule has 1 aromatic heterocycles. The second kappa shape index (κ2) is 10.3. The SMILES string of the molecule is CC(O)(c1ccc(N2CCN(S(=O)(=O)c3cccs3)C[C@@H]2CSc2ccc(F)cc2)cc1)C(F)(F)F. The molecule has 3 aromatic rings. The molecule has 1 aliphatic rings. The Morgan fingerprint density at radius 3 is 2.31 bits per heavy atom. The van der Waals surface area contributed by atoms with Gasteiger partial charge in [0.05, 0.1) is 6.04 Å². The second-order valence-electron chi connectivity index (χ2n) is 8.52. The van der Waals surface area contributed by atoms with Gasteiger partial charge >= 0.3 is 6.18 Å². The fourth-order valence-corrected chi connectivity index (χ4v) is 7.54. The highest BCUT2D eigenvalue weighted by molar-refractivity contribution is 7.99. The van der Waals surface area contributed by atoms with Gasteiger partial charge in [0.2, 0.25) is 0 Å². The normalized spacial score (nSPS) is 19.3. The van der Waals surface area contributed by atoms with Crippen LogP contribution in [0.25, 0.3) is 0 Å². The zero-order chi connectivity index (χ0) is 26.1. The lowest BCUT2D eigenvalue weighted by atomic mass is 9.95. The topological polar surface area (TPSA) is 60.9 Å². The second-order valence-corrected chi connectivity index (χ2v) is 12.7. The van der Waals surface area contributed by atoms with Gasteiger partial charge in [0.1, 0.15) is 10.0 Å². The van der Waals surface area contributed by atoms with Crippen molar-refractivity contribution < 1.29 is 31.1 Å². The van der Waals surface area contributed by atoms with Gasteiger partial charge in [-0.25, -0.2) is 12.8 Å². The van der Waals surface area contributed by atoms with Crippen LogP contribution < -0.4 is 4.90 Å². The molecule has 5 nitrogen and oxygen atoms in total. The molecule has 2 atom stereocenters. The largest absolute Gasteiger partial charge is 0.421 e. The van der Waals surface area contributed by atoms with E-state index in [1.165, 1.54) is 52.5 Å². The van der Waals surface area contributed by atoms with Crippen molar-refractivity contribution in [3.63, 3.8) is 0 Å². The number of hydrogen-bond acceptors (Lipinski definition) is 6. The average molecular weight is 561 g/mol. The van der Waals surface area contributed by atoms with Gasteiger partial charge < -0.3 is 10.0 Å². The van der Waals surface area contributed by atoms with Crippen LogP contribution in [0.1, 0.15) is 12.5 Å². The predicted molar refractivity (Wildman–Crippen MR) is 133 cm³/mol. The van der Waals surface area contributed by atoms with Crippen LogP contribution in [0.15, 0.2) is 75.1 Å². The quantitative estimate of drug-likeness (QED) is 0.313. The zero-order valence-electron chi connectivity index (χ0n) is 19.2. The number of halogens is 4. The van der Waals surface area contributed by atoms with Crippen molar-refractivity contribution in [2.24, 2.45) is 0 Å². The molecule has 1 N–H and O–H groups in total. The number of aliphatic hydroxyl groups is 1. The minimum atomic E-state index is -4.83. The van der Waals surface area contributed by atoms with E-state index in [2.05, 4.69) is 0 Å². The monoisotopic (exact) mass is 560 g/mol. The van der Waals surface area contributed by atoms with Crippen LogP contribution >= 0.6 is 23.1 Å². The number of anilines is 1. The smallest absolute Gasteiger partial charge is 0.376 e. The predicted octanol–water partition coefficient (Wildman–Crippen LogP) is 5.33. The summed E-state index contributed by atoms with van der Waals surface area (Å²) in [6, 6.07) is 14.4. The summed E-state index contributed by atoms with van der Waals surface area (Å²) in [7, 11) is -3.68. The molecule has 0 amide bonds. The van der Waals surface area contributed by atoms with Gasteiger partial charge in [0.15, 0.2) is 5.60 Å². The molecule has 1 aliphatic heterocycles. The van der Waals surface area contributed by atoms with Gasteiger partial charge in [-0.15, -0.1) is 23.1 Å². The van der Waals surface area contributed by atoms with Crippen LogP contribution in [0.3, 0.4) is 0 Å². The molecule has 0 radical (unpaired) electrons. The van der Waals surface area contributed by atoms with Crippen molar-refractivity contribution in [1.29, 1.82) is 0 Å². The molecular formula is C24H24F4N2O3S3. The highest BCUT2D eigenvalue weighted by atomic mass is 32.2. The van der Waals surface area contributed by atoms with E-state index in [0.29, 0.717) is 24.9 Å². The van der Waals surface area contributed by atoms with E-state index in [-0.39, 0.29) is 34.7 Å². The van der Waals surface area contributed by atoms with E-state index < -0.39 is 21.8 Å². The summed E-state index contributed by atoms with van der Waals surface area (Å²) in [5.41, 5.74) is -2.65. The molecule has 0 saturated carbocycles. The zero-order valence-corrected chi connectivity index (χ0v) is 21.6. The maximum absolute atomic E-state index is 13.3. The van der Waals surface area contributed by atoms with E-state index in [9.17, 15) is 31.1 Å². The molecule has 1 saturated heterocycles. The maximum Gasteiger partial charge on any atom is 0.421 e. The number of hydrogen-bond donors (Lipinski definition) is 1. The van der Waals surface area contributed by atoms with Crippen molar-refractivity contribution in [3.05, 3.63) is 77.4 Å². The summed E-state index contributed by atoms with van der Waals surface area (Å²) in [5.74, 6) is 0.103. The lowest BCUT2D eigenvalue weighted by Crippen LogP contribution is -2.55. The molecule has 12 heteroatoms. The summed E-state index contributed by atoms with van der Waals surface area (Å²) < 4.78 is 81.0. The van der Waals surface area contributed by atoms with Gasteiger partial charge in [0, 0.05) is 36.0 Å². The van der Waals surface area contributed by atoms with Crippen LogP contribution in [-0.4, -0.2) is 55.4 Å². The number of nitrogens with zero attached hydrogens (tertiary/aromatic N) is 2. The summed E-state index contributed by atoms with van der Waals surface area (Å²) in [4.78, 5) is 2.77. The first-order valence-electron chi connectivity index (χ1n) is 11.0. The maximum atomic E-state index is 13.3. The van der Waals surface area contributed by atoms with Crippen LogP contribution in [0.5, 0.6) is 0 Å². The Labute approximate surface area is 215 Å². The van der Waals surface area contributed by atoms with Crippen molar-refractivity contribution >= 4 is 38.8 Å². The molecule has 0 bridgehead atoms. The van der Waals surface area contributed by atoms with E-state index in [0.717, 1.165) is 16.2 Å². The summed E-state index contributed by atoms with van der Waals surface area (Å²) >= 11 is 2.58. The Morgan fingerprint density at radius 2 is 1.72 bits per heavy atom. The highest BCUT2D eigenvalue weighted by Gasteiger charge is 2.51. The van der Waals surface area contributed by atoms with Crippen molar-refractivity contribution in [1.82, 2.24) is 4.31 Å². The van der Waals surface area contributed by atoms with Gasteiger partial charge in [-0.3, -0.25) is 0 Å². The lowest BCUT2D eigenvalue weighted by Gasteiger charge is -2.42. The first-order valence-corrected chi connectivity index (χ1v) is 14.3. The molecule has 0 aliphatic carbocycles. The molecule has 1 unspecified atom stereocenters. The Kier molecular flexibility index (Phi) is 7.73. The Morgan fingerprint density at radius 1 is 1.06 bits per heavy atom. The molecular weight excluding hydrogens is 536 g/mol. The van der Waals surface area contributed by atoms with E-state index >= 15 is 0 Å². The Hall–Kier alpha value is -2.12. The first kappa shape index (κ1) is 26.9. The average Bonchev–Trinajstić information content (AvgIpc) is 3.39. The summed E-state index contributed by atoms with van der Waals surface area (Å²) in [5, 5.41) is 11.7. The molecule has 2 heterocycles. The number of benzene rings is 2. The van der Waals surface area contributed by atoms with E-state index in [1.807, 2.05) is 4.90 Å². The third-order valence-corrected chi connectivity index (χ3v) is 10.5. The van der Waals surface area contributed by atoms with Crippen LogP contribution in [-0.2, 0) is 15.6 Å². The van der Waals surface area contributed by atoms with E-state index in [1.54, 1.807) is 29.6 Å². The van der Waals surface area contributed by atoms with Crippen LogP contribution in [0.2, 0.25) is 0 Å². The standard InChI is InChI=1S/C24H24F4N2O3S3/c1-23(31,24(26,27)28)17-4-8-19(9-5-17)30-13-12-29(36(32,33)22-3-2-14-34-22)15-20(30)16-35-21-10-6-18(25)7-11-21/h2-11,14,20,31H,12-13,15-16H2,1H3/t20-,23?/m1/s1. The van der Waals surface area contributed by atoms with Gasteiger partial charge in [0.25, 0.3) is 10.0 Å².